The summed E-state index contributed by atoms with van der Waals surface area (Å²) >= 11 is 6.15. The van der Waals surface area contributed by atoms with Gasteiger partial charge in [-0.25, -0.2) is 18.2 Å². The van der Waals surface area contributed by atoms with E-state index in [1.54, 1.807) is 6.92 Å². The van der Waals surface area contributed by atoms with Crippen LogP contribution in [0.1, 0.15) is 42.4 Å². The molecule has 0 spiro atoms. The minimum atomic E-state index is -3.69. The molecule has 0 saturated carbocycles. The van der Waals surface area contributed by atoms with E-state index in [1.165, 1.54) is 41.8 Å². The molecule has 0 unspecified atom stereocenters. The SMILES string of the molecule is Cc1cnc(C(=O)O[C@H](C)C(=O)Nc2cc(S(=O)(=O)N3CCCCC3)ccc2Cl)cn1. The van der Waals surface area contributed by atoms with E-state index in [1.807, 2.05) is 0 Å². The molecule has 1 atom stereocenters. The predicted molar refractivity (Wildman–Crippen MR) is 114 cm³/mol. The fourth-order valence-electron chi connectivity index (χ4n) is 3.02. The number of sulfonamides is 1. The average molecular weight is 467 g/mol. The second-order valence-electron chi connectivity index (χ2n) is 7.19. The van der Waals surface area contributed by atoms with Gasteiger partial charge >= 0.3 is 5.97 Å². The molecule has 31 heavy (non-hydrogen) atoms. The van der Waals surface area contributed by atoms with Gasteiger partial charge in [0.1, 0.15) is 0 Å². The fourth-order valence-corrected chi connectivity index (χ4v) is 4.73. The minimum absolute atomic E-state index is 0.0297. The molecule has 1 aliphatic rings. The lowest BCUT2D eigenvalue weighted by atomic mass is 10.2. The standard InChI is InChI=1S/C20H23ClN4O5S/c1-13-11-23-18(12-22-13)20(27)30-14(2)19(26)24-17-10-15(6-7-16(17)21)31(28,29)25-8-4-3-5-9-25/h6-7,10-12,14H,3-5,8-9H2,1-2H3,(H,24,26)/t14-/m1/s1. The quantitative estimate of drug-likeness (QED) is 0.650. The Morgan fingerprint density at radius 2 is 1.87 bits per heavy atom. The van der Waals surface area contributed by atoms with Gasteiger partial charge in [-0.3, -0.25) is 9.78 Å². The van der Waals surface area contributed by atoms with Gasteiger partial charge in [0.15, 0.2) is 11.8 Å². The molecule has 1 aliphatic heterocycles. The van der Waals surface area contributed by atoms with Crippen LogP contribution in [0.3, 0.4) is 0 Å². The molecule has 3 rings (SSSR count). The number of hydrogen-bond acceptors (Lipinski definition) is 7. The summed E-state index contributed by atoms with van der Waals surface area (Å²) in [6, 6.07) is 4.12. The van der Waals surface area contributed by atoms with Crippen LogP contribution in [0.15, 0.2) is 35.5 Å². The first-order valence-corrected chi connectivity index (χ1v) is 11.6. The van der Waals surface area contributed by atoms with Crippen molar-refractivity contribution in [1.29, 1.82) is 0 Å². The molecule has 2 aromatic rings. The van der Waals surface area contributed by atoms with Crippen LogP contribution in [-0.2, 0) is 19.6 Å². The Labute approximate surface area is 185 Å². The summed E-state index contributed by atoms with van der Waals surface area (Å²) in [6.45, 7) is 4.03. The van der Waals surface area contributed by atoms with Gasteiger partial charge < -0.3 is 10.1 Å². The van der Waals surface area contributed by atoms with Crippen molar-refractivity contribution in [2.24, 2.45) is 0 Å². The summed E-state index contributed by atoms with van der Waals surface area (Å²) in [5.74, 6) is -1.47. The van der Waals surface area contributed by atoms with E-state index < -0.39 is 28.0 Å². The van der Waals surface area contributed by atoms with Gasteiger partial charge in [-0.1, -0.05) is 18.0 Å². The Bertz CT molecular complexity index is 1070. The highest BCUT2D eigenvalue weighted by Crippen LogP contribution is 2.28. The molecule has 1 fully saturated rings. The number of carbonyl (C=O) groups excluding carboxylic acids is 2. The zero-order valence-electron chi connectivity index (χ0n) is 17.2. The Balaban J connectivity index is 1.71. The van der Waals surface area contributed by atoms with Gasteiger partial charge in [-0.15, -0.1) is 0 Å². The first-order chi connectivity index (χ1) is 14.7. The lowest BCUT2D eigenvalue weighted by Gasteiger charge is -2.26. The van der Waals surface area contributed by atoms with E-state index >= 15 is 0 Å². The van der Waals surface area contributed by atoms with Gasteiger partial charge in [-0.05, 0) is 44.9 Å². The van der Waals surface area contributed by atoms with E-state index in [2.05, 4.69) is 15.3 Å². The van der Waals surface area contributed by atoms with Crippen LogP contribution in [0, 0.1) is 6.92 Å². The number of hydrogen-bond donors (Lipinski definition) is 1. The smallest absolute Gasteiger partial charge is 0.359 e. The maximum atomic E-state index is 12.9. The van der Waals surface area contributed by atoms with Crippen molar-refractivity contribution in [3.05, 3.63) is 47.0 Å². The zero-order chi connectivity index (χ0) is 22.6. The molecule has 0 radical (unpaired) electrons. The van der Waals surface area contributed by atoms with Crippen LogP contribution in [0.25, 0.3) is 0 Å². The number of esters is 1. The highest BCUT2D eigenvalue weighted by atomic mass is 35.5. The van der Waals surface area contributed by atoms with Crippen LogP contribution in [0.2, 0.25) is 5.02 Å². The van der Waals surface area contributed by atoms with Crippen LogP contribution < -0.4 is 5.32 Å². The van der Waals surface area contributed by atoms with E-state index in [9.17, 15) is 18.0 Å². The number of ether oxygens (including phenoxy) is 1. The average Bonchev–Trinajstić information content (AvgIpc) is 2.76. The number of piperidine rings is 1. The van der Waals surface area contributed by atoms with E-state index in [4.69, 9.17) is 16.3 Å². The molecule has 166 valence electrons. The minimum Gasteiger partial charge on any atom is -0.448 e. The summed E-state index contributed by atoms with van der Waals surface area (Å²) < 4.78 is 32.3. The lowest BCUT2D eigenvalue weighted by Crippen LogP contribution is -2.35. The summed E-state index contributed by atoms with van der Waals surface area (Å²) in [5.41, 5.74) is 0.719. The highest BCUT2D eigenvalue weighted by molar-refractivity contribution is 7.89. The van der Waals surface area contributed by atoms with Crippen LogP contribution in [0.4, 0.5) is 5.69 Å². The summed E-state index contributed by atoms with van der Waals surface area (Å²) in [7, 11) is -3.69. The van der Waals surface area contributed by atoms with Crippen molar-refractivity contribution in [3.63, 3.8) is 0 Å². The molecule has 2 heterocycles. The van der Waals surface area contributed by atoms with Crippen LogP contribution >= 0.6 is 11.6 Å². The molecule has 0 bridgehead atoms. The number of aryl methyl sites for hydroxylation is 1. The summed E-state index contributed by atoms with van der Waals surface area (Å²) in [5, 5.41) is 2.69. The van der Waals surface area contributed by atoms with Gasteiger partial charge in [-0.2, -0.15) is 4.31 Å². The summed E-state index contributed by atoms with van der Waals surface area (Å²) in [4.78, 5) is 32.5. The number of anilines is 1. The van der Waals surface area contributed by atoms with E-state index in [0.29, 0.717) is 18.8 Å². The molecular formula is C20H23ClN4O5S. The van der Waals surface area contributed by atoms with Crippen molar-refractivity contribution >= 4 is 39.2 Å². The molecule has 1 aromatic carbocycles. The molecule has 11 heteroatoms. The van der Waals surface area contributed by atoms with Crippen molar-refractivity contribution in [3.8, 4) is 0 Å². The zero-order valence-corrected chi connectivity index (χ0v) is 18.7. The molecular weight excluding hydrogens is 444 g/mol. The second kappa shape index (κ2) is 9.71. The van der Waals surface area contributed by atoms with Gasteiger partial charge in [0, 0.05) is 19.3 Å². The van der Waals surface area contributed by atoms with Crippen molar-refractivity contribution in [2.45, 2.75) is 44.1 Å². The normalized spacial score (nSPS) is 15.8. The number of halogens is 1. The van der Waals surface area contributed by atoms with Crippen molar-refractivity contribution in [1.82, 2.24) is 14.3 Å². The Kier molecular flexibility index (Phi) is 7.24. The van der Waals surface area contributed by atoms with Gasteiger partial charge in [0.25, 0.3) is 5.91 Å². The molecule has 1 N–H and O–H groups in total. The third-order valence-corrected chi connectivity index (χ3v) is 7.02. The number of rotatable bonds is 6. The lowest BCUT2D eigenvalue weighted by molar-refractivity contribution is -0.123. The second-order valence-corrected chi connectivity index (χ2v) is 9.53. The van der Waals surface area contributed by atoms with Crippen molar-refractivity contribution in [2.75, 3.05) is 18.4 Å². The molecule has 1 saturated heterocycles. The molecule has 9 nitrogen and oxygen atoms in total. The maximum absolute atomic E-state index is 12.9. The van der Waals surface area contributed by atoms with Gasteiger partial charge in [0.2, 0.25) is 10.0 Å². The number of aromatic nitrogens is 2. The van der Waals surface area contributed by atoms with Crippen LogP contribution in [-0.4, -0.2) is 53.8 Å². The predicted octanol–water partition coefficient (Wildman–Crippen LogP) is 2.80. The molecule has 1 aromatic heterocycles. The van der Waals surface area contributed by atoms with E-state index in [-0.39, 0.29) is 21.3 Å². The maximum Gasteiger partial charge on any atom is 0.359 e. The van der Waals surface area contributed by atoms with Gasteiger partial charge in [0.05, 0.1) is 27.5 Å². The Hall–Kier alpha value is -2.56. The topological polar surface area (TPSA) is 119 Å². The first kappa shape index (κ1) is 23.1. The number of nitrogens with zero attached hydrogens (tertiary/aromatic N) is 3. The third kappa shape index (κ3) is 5.57. The number of benzene rings is 1. The number of carbonyl (C=O) groups is 2. The van der Waals surface area contributed by atoms with Crippen LogP contribution in [0.5, 0.6) is 0 Å². The van der Waals surface area contributed by atoms with Crippen molar-refractivity contribution < 1.29 is 22.7 Å². The molecule has 0 aliphatic carbocycles. The monoisotopic (exact) mass is 466 g/mol. The molecule has 1 amide bonds. The fraction of sp³-hybridized carbons (Fsp3) is 0.400. The number of amides is 1. The third-order valence-electron chi connectivity index (χ3n) is 4.79. The Morgan fingerprint density at radius 3 is 2.52 bits per heavy atom. The first-order valence-electron chi connectivity index (χ1n) is 9.78. The highest BCUT2D eigenvalue weighted by Gasteiger charge is 2.27. The number of nitrogens with one attached hydrogen (secondary N) is 1. The largest absolute Gasteiger partial charge is 0.448 e. The Morgan fingerprint density at radius 1 is 1.16 bits per heavy atom. The summed E-state index contributed by atoms with van der Waals surface area (Å²) in [6.07, 6.45) is 4.12. The van der Waals surface area contributed by atoms with E-state index in [0.717, 1.165) is 19.3 Å².